The predicted molar refractivity (Wildman–Crippen MR) is 327 cm³/mol. The fourth-order valence-electron chi connectivity index (χ4n) is 7.26. The third-order valence-corrected chi connectivity index (χ3v) is 11.1. The molecule has 0 saturated carbocycles. The van der Waals surface area contributed by atoms with Crippen LogP contribution in [0.4, 0.5) is 51.6 Å². The van der Waals surface area contributed by atoms with Crippen molar-refractivity contribution < 1.29 is 80.8 Å². The smallest absolute Gasteiger partial charge is 0.674 e. The van der Waals surface area contributed by atoms with E-state index in [1.165, 1.54) is 63.5 Å². The van der Waals surface area contributed by atoms with Crippen LogP contribution in [0.25, 0.3) is 71.4 Å². The first-order valence-electron chi connectivity index (χ1n) is 25.5. The topological polar surface area (TPSA) is 567 Å². The number of nitrogen functional groups attached to an aromatic ring is 1. The van der Waals surface area contributed by atoms with Gasteiger partial charge in [-0.05, 0) is 65.4 Å². The third-order valence-electron chi connectivity index (χ3n) is 10.9. The molecule has 12 aromatic rings. The number of benzene rings is 2. The van der Waals surface area contributed by atoms with Gasteiger partial charge >= 0.3 is 63.5 Å². The van der Waals surface area contributed by atoms with Gasteiger partial charge in [-0.1, -0.05) is 34.0 Å². The molecule has 43 nitrogen and oxygen atoms in total. The van der Waals surface area contributed by atoms with Crippen LogP contribution in [-0.2, 0) is 28.1 Å². The molecule has 2 amide bonds. The normalized spacial score (nSPS) is 10.2. The number of amides is 2. The van der Waals surface area contributed by atoms with Gasteiger partial charge in [0.25, 0.3) is 17.6 Å². The Kier molecular flexibility index (Phi) is 28.5. The summed E-state index contributed by atoms with van der Waals surface area (Å²) >= 11 is 0. The van der Waals surface area contributed by atoms with E-state index in [1.807, 2.05) is 50.2 Å². The summed E-state index contributed by atoms with van der Waals surface area (Å²) in [6.45, 7) is 27.7. The van der Waals surface area contributed by atoms with Crippen molar-refractivity contribution in [1.82, 2.24) is 98.9 Å². The second-order valence-electron chi connectivity index (χ2n) is 17.2. The number of nitrogens with zero attached hydrogens (tertiary/aromatic N) is 26. The Labute approximate surface area is 563 Å². The maximum atomic E-state index is 11.4. The molecule has 0 aliphatic rings. The molecule has 0 saturated heterocycles. The molecule has 46 heteroatoms. The molecule has 0 aliphatic heterocycles. The van der Waals surface area contributed by atoms with Gasteiger partial charge in [-0.15, -0.1) is 25.8 Å². The van der Waals surface area contributed by atoms with Gasteiger partial charge in [0.1, 0.15) is 5.82 Å². The van der Waals surface area contributed by atoms with E-state index in [2.05, 4.69) is 125 Å². The number of rotatable bonds is 11. The van der Waals surface area contributed by atoms with E-state index in [1.54, 1.807) is 65.8 Å². The number of hydrogen-bond acceptors (Lipinski definition) is 30. The van der Waals surface area contributed by atoms with Crippen molar-refractivity contribution in [3.05, 3.63) is 189 Å². The molecule has 2 atom stereocenters. The summed E-state index contributed by atoms with van der Waals surface area (Å²) in [5.41, 5.74) is 12.6. The van der Waals surface area contributed by atoms with Crippen LogP contribution < -0.4 is 61.0 Å². The van der Waals surface area contributed by atoms with Crippen molar-refractivity contribution in [3.8, 4) is 40.6 Å². The van der Waals surface area contributed by atoms with Crippen LogP contribution in [0.2, 0.25) is 0 Å². The molecular weight excluding hydrogens is 1310 g/mol. The van der Waals surface area contributed by atoms with Crippen LogP contribution in [0.15, 0.2) is 144 Å². The summed E-state index contributed by atoms with van der Waals surface area (Å²) in [5.74, 6) is 2.16. The largest absolute Gasteiger partial charge is 1.00 e. The molecule has 0 spiro atoms. The summed E-state index contributed by atoms with van der Waals surface area (Å²) in [4.78, 5) is 94.1. The molecule has 0 radical (unpaired) electrons. The Hall–Kier alpha value is -12.7. The number of aromatic amines is 2. The molecule has 10 heterocycles. The van der Waals surface area contributed by atoms with Gasteiger partial charge < -0.3 is 41.5 Å². The number of aryl methyl sites for hydroxylation is 2. The number of carbonyl (C=O) groups is 2. The van der Waals surface area contributed by atoms with Crippen molar-refractivity contribution in [3.63, 3.8) is 0 Å². The SMILES string of the molecule is CC(=O)Nc1cccc(-c2nc3cc(C)[nH]n3n2)c1.O=N[O-].O=[P+]([O-])OO.O=[P+]([O-])O[O-].[C-]#[N+]c1cnn(-c2ncccn2)c1N.[C-]#[N+]c1cnn(-c2ncccn2)c1N=Nc1c(C)[nH]n2nc(-c3cccc(NC(C)=O)c3)nc12.[C-]#[N+]c1cnn(-c2ncccn2)c1[N+]#N.[HH].[HH].[Na+]. The van der Waals surface area contributed by atoms with Gasteiger partial charge in [0.15, 0.2) is 28.8 Å². The van der Waals surface area contributed by atoms with Gasteiger partial charge in [0.2, 0.25) is 23.1 Å². The zero-order valence-electron chi connectivity index (χ0n) is 49.7. The Morgan fingerprint density at radius 2 is 1.14 bits per heavy atom. The van der Waals surface area contributed by atoms with Crippen LogP contribution in [0.3, 0.4) is 0 Å². The number of H-pyrrole nitrogens is 2. The average molecular weight is 1360 g/mol. The Bertz CT molecular complexity index is 4810. The number of fused-ring (bicyclic) bond motifs is 2. The van der Waals surface area contributed by atoms with E-state index < -0.39 is 16.5 Å². The number of nitrogens with two attached hydrogens (primary N) is 1. The number of azo groups is 1. The number of hydrogen-bond donors (Lipinski definition) is 6. The fraction of sp³-hybridized carbons (Fsp3) is 0.0800. The molecular formula is C50H44N31NaO12P2. The van der Waals surface area contributed by atoms with E-state index in [-0.39, 0.29) is 84.9 Å². The third kappa shape index (κ3) is 20.6. The van der Waals surface area contributed by atoms with E-state index in [4.69, 9.17) is 70.4 Å². The fourth-order valence-corrected chi connectivity index (χ4v) is 7.26. The summed E-state index contributed by atoms with van der Waals surface area (Å²) in [7, 11) is -6.20. The van der Waals surface area contributed by atoms with E-state index in [9.17, 15) is 9.59 Å². The Balaban J connectivity index is 0.000000334. The number of aromatic nitrogens is 20. The quantitative estimate of drug-likeness (QED) is 0.0156. The molecule has 0 bridgehead atoms. The van der Waals surface area contributed by atoms with Crippen molar-refractivity contribution in [2.45, 2.75) is 27.7 Å². The standard InChI is InChI=1S/C21H16N12O.C13H13N5O.C8H4N7.C8H6N6.HNO2.Na.2HO4P.2H2/c1-12-17(28-29-19-16(22-3)11-25-32(19)21-23-8-5-9-24-21)20-27-18(31-33(20)30-12)14-6-4-7-15(10-14)26-13(2)34;1-8-6-12-15-13(17-18(12)16-8)10-4-3-5-11(7-10)14-9(2)19;1-10-6-5-13-15(7(6)14-9)8-11-3-2-4-12-8;1-10-6-5-13-14(7(6)9)8-11-3-2-4-12-8;2-1-3;;2*1-4-5(2)3;;/h4-11,30H,1-2H3,(H,26,34);3-7,16H,1-2H3,(H,14,19);2-5H;2-5H,9H2;(H,2,3);;2*1H;2*1H/q;;+1;;;+1;;;;/p-2. The molecule has 0 fully saturated rings. The first-order valence-corrected chi connectivity index (χ1v) is 27.7. The number of diazo groups is 1. The van der Waals surface area contributed by atoms with Crippen LogP contribution in [0.5, 0.6) is 0 Å². The maximum Gasteiger partial charge on any atom is 1.00 e. The van der Waals surface area contributed by atoms with Crippen LogP contribution in [0.1, 0.15) is 28.1 Å². The van der Waals surface area contributed by atoms with Gasteiger partial charge in [0.05, 0.1) is 49.4 Å². The molecule has 96 heavy (non-hydrogen) atoms. The molecule has 2 unspecified atom stereocenters. The predicted octanol–water partition coefficient (Wildman–Crippen LogP) is 3.95. The second kappa shape index (κ2) is 36.9. The summed E-state index contributed by atoms with van der Waals surface area (Å²) < 4.78 is 30.0. The number of carbonyl (C=O) groups excluding carboxylic acids is 2. The summed E-state index contributed by atoms with van der Waals surface area (Å²) in [6, 6.07) is 21.6. The minimum atomic E-state index is -3.15. The minimum absolute atomic E-state index is 0. The van der Waals surface area contributed by atoms with Crippen molar-refractivity contribution >= 4 is 91.2 Å². The van der Waals surface area contributed by atoms with Gasteiger partial charge in [-0.25, -0.2) is 54.4 Å². The van der Waals surface area contributed by atoms with Gasteiger partial charge in [0, 0.05) is 97.8 Å². The molecule has 482 valence electrons. The van der Waals surface area contributed by atoms with E-state index in [0.717, 1.165) is 33.5 Å². The van der Waals surface area contributed by atoms with Crippen molar-refractivity contribution in [2.24, 2.45) is 15.6 Å². The van der Waals surface area contributed by atoms with Gasteiger partial charge in [-0.2, -0.15) is 38.8 Å². The zero-order valence-corrected chi connectivity index (χ0v) is 53.5. The molecule has 2 aromatic carbocycles. The molecule has 0 aliphatic carbocycles. The average Bonchev–Trinajstić information content (AvgIpc) is 1.63. The summed E-state index contributed by atoms with van der Waals surface area (Å²) in [6.07, 6.45) is 13.4. The van der Waals surface area contributed by atoms with Crippen molar-refractivity contribution in [1.29, 1.82) is 5.39 Å². The monoisotopic (exact) mass is 1360 g/mol. The minimum Gasteiger partial charge on any atom is -0.674 e. The molecule has 12 rings (SSSR count). The van der Waals surface area contributed by atoms with E-state index >= 15 is 0 Å². The molecule has 10 aromatic heterocycles. The van der Waals surface area contributed by atoms with Gasteiger partial charge in [-0.3, -0.25) is 19.8 Å². The first-order chi connectivity index (χ1) is 45.8. The zero-order chi connectivity index (χ0) is 69.0. The second-order valence-corrected chi connectivity index (χ2v) is 18.4. The first kappa shape index (κ1) is 74.0. The van der Waals surface area contributed by atoms with Crippen LogP contribution >= 0.6 is 16.5 Å². The molecule has 7 N–H and O–H groups in total. The maximum absolute atomic E-state index is 11.4. The van der Waals surface area contributed by atoms with Crippen LogP contribution in [-0.4, -0.2) is 116 Å². The number of nitrogens with one attached hydrogen (secondary N) is 4. The Morgan fingerprint density at radius 1 is 0.688 bits per heavy atom. The van der Waals surface area contributed by atoms with Crippen molar-refractivity contribution in [2.75, 3.05) is 16.4 Å². The van der Waals surface area contributed by atoms with Crippen LogP contribution in [0, 0.1) is 49.1 Å². The summed E-state index contributed by atoms with van der Waals surface area (Å²) in [5, 5.41) is 74.4. The number of anilines is 3. The van der Waals surface area contributed by atoms with E-state index in [0.29, 0.717) is 46.0 Å². The Morgan fingerprint density at radius 3 is 1.59 bits per heavy atom.